The van der Waals surface area contributed by atoms with Crippen LogP contribution in [0.2, 0.25) is 0 Å². The first kappa shape index (κ1) is 23.9. The second-order valence-electron chi connectivity index (χ2n) is 7.14. The van der Waals surface area contributed by atoms with Crippen LogP contribution in [0.4, 0.5) is 4.39 Å². The number of methoxy groups -OCH3 is 1. The molecule has 0 aromatic heterocycles. The van der Waals surface area contributed by atoms with E-state index >= 15 is 0 Å². The van der Waals surface area contributed by atoms with E-state index in [0.29, 0.717) is 23.7 Å². The van der Waals surface area contributed by atoms with Crippen LogP contribution in [0.15, 0.2) is 47.6 Å². The van der Waals surface area contributed by atoms with E-state index in [1.54, 1.807) is 45.2 Å². The third-order valence-corrected chi connectivity index (χ3v) is 4.41. The highest BCUT2D eigenvalue weighted by molar-refractivity contribution is 5.98. The summed E-state index contributed by atoms with van der Waals surface area (Å²) in [5, 5.41) is 6.57. The van der Waals surface area contributed by atoms with E-state index < -0.39 is 23.7 Å². The van der Waals surface area contributed by atoms with E-state index in [1.807, 2.05) is 6.92 Å². The third-order valence-electron chi connectivity index (χ3n) is 4.41. The van der Waals surface area contributed by atoms with Crippen LogP contribution in [-0.4, -0.2) is 37.8 Å². The van der Waals surface area contributed by atoms with Gasteiger partial charge in [0.15, 0.2) is 11.5 Å². The maximum atomic E-state index is 13.9. The summed E-state index contributed by atoms with van der Waals surface area (Å²) in [6.07, 6.45) is 2.27. The molecule has 2 rings (SSSR count). The van der Waals surface area contributed by atoms with Gasteiger partial charge in [-0.2, -0.15) is 5.10 Å². The van der Waals surface area contributed by atoms with Crippen LogP contribution in [0.5, 0.6) is 11.5 Å². The summed E-state index contributed by atoms with van der Waals surface area (Å²) in [4.78, 5) is 25.0. The van der Waals surface area contributed by atoms with Crippen LogP contribution in [-0.2, 0) is 4.79 Å². The number of hydrogen-bond donors (Lipinski definition) is 2. The second kappa shape index (κ2) is 11.7. The molecular formula is C23H28FN3O4. The van der Waals surface area contributed by atoms with Crippen molar-refractivity contribution < 1.29 is 23.5 Å². The highest BCUT2D eigenvalue weighted by Crippen LogP contribution is 2.30. The lowest BCUT2D eigenvalue weighted by Crippen LogP contribution is -2.48. The fourth-order valence-electron chi connectivity index (χ4n) is 2.79. The molecule has 166 valence electrons. The lowest BCUT2D eigenvalue weighted by molar-refractivity contribution is -0.123. The van der Waals surface area contributed by atoms with Gasteiger partial charge < -0.3 is 14.8 Å². The van der Waals surface area contributed by atoms with Crippen molar-refractivity contribution in [3.8, 4) is 11.5 Å². The summed E-state index contributed by atoms with van der Waals surface area (Å²) in [6, 6.07) is 10.0. The van der Waals surface area contributed by atoms with Crippen LogP contribution in [0.1, 0.15) is 43.1 Å². The smallest absolute Gasteiger partial charge is 0.262 e. The predicted molar refractivity (Wildman–Crippen MR) is 117 cm³/mol. The van der Waals surface area contributed by atoms with E-state index in [4.69, 9.17) is 9.47 Å². The number of hydrogen-bond acceptors (Lipinski definition) is 5. The molecule has 0 bridgehead atoms. The van der Waals surface area contributed by atoms with E-state index in [1.165, 1.54) is 24.4 Å². The summed E-state index contributed by atoms with van der Waals surface area (Å²) in [5.41, 5.74) is 2.93. The van der Waals surface area contributed by atoms with Crippen molar-refractivity contribution in [3.63, 3.8) is 0 Å². The molecule has 8 heteroatoms. The Morgan fingerprint density at radius 2 is 1.90 bits per heavy atom. The number of hydrazone groups is 1. The fourth-order valence-corrected chi connectivity index (χ4v) is 2.79. The van der Waals surface area contributed by atoms with Gasteiger partial charge >= 0.3 is 0 Å². The summed E-state index contributed by atoms with van der Waals surface area (Å²) < 4.78 is 24.9. The molecule has 31 heavy (non-hydrogen) atoms. The van der Waals surface area contributed by atoms with Gasteiger partial charge in [0, 0.05) is 5.56 Å². The van der Waals surface area contributed by atoms with E-state index in [2.05, 4.69) is 15.8 Å². The number of carbonyl (C=O) groups is 2. The first-order chi connectivity index (χ1) is 14.9. The Hall–Kier alpha value is -3.42. The Morgan fingerprint density at radius 3 is 2.55 bits per heavy atom. The van der Waals surface area contributed by atoms with Gasteiger partial charge in [0.05, 0.1) is 25.5 Å². The van der Waals surface area contributed by atoms with E-state index in [9.17, 15) is 14.0 Å². The number of amides is 2. The fraction of sp³-hybridized carbons (Fsp3) is 0.348. The maximum Gasteiger partial charge on any atom is 0.262 e. The van der Waals surface area contributed by atoms with Crippen LogP contribution < -0.4 is 20.2 Å². The van der Waals surface area contributed by atoms with Crippen molar-refractivity contribution in [2.75, 3.05) is 13.7 Å². The third kappa shape index (κ3) is 6.53. The van der Waals surface area contributed by atoms with Crippen molar-refractivity contribution in [1.82, 2.24) is 10.7 Å². The maximum absolute atomic E-state index is 13.9. The number of carbonyl (C=O) groups excluding carboxylic acids is 2. The summed E-state index contributed by atoms with van der Waals surface area (Å²) in [7, 11) is 1.54. The quantitative estimate of drug-likeness (QED) is 0.447. The molecule has 0 radical (unpaired) electrons. The van der Waals surface area contributed by atoms with Gasteiger partial charge in [-0.3, -0.25) is 9.59 Å². The first-order valence-electron chi connectivity index (χ1n) is 10.1. The molecular weight excluding hydrogens is 401 g/mol. The van der Waals surface area contributed by atoms with Crippen molar-refractivity contribution >= 4 is 18.0 Å². The van der Waals surface area contributed by atoms with Gasteiger partial charge in [-0.1, -0.05) is 39.0 Å². The van der Waals surface area contributed by atoms with Gasteiger partial charge in [-0.25, -0.2) is 9.82 Å². The molecule has 2 aromatic carbocycles. The standard InChI is InChI=1S/C23H28FN3O4/c1-5-13-31-21-16(9-8-12-19(21)30-4)14-25-27-23(29)20(15(2)3)26-22(28)17-10-6-7-11-18(17)24/h6-12,14-15,20H,5,13H2,1-4H3,(H,26,28)(H,27,29)/b25-14+. The first-order valence-corrected chi connectivity index (χ1v) is 10.1. The lowest BCUT2D eigenvalue weighted by atomic mass is 10.0. The molecule has 2 aromatic rings. The van der Waals surface area contributed by atoms with Crippen molar-refractivity contribution in [2.24, 2.45) is 11.0 Å². The zero-order valence-corrected chi connectivity index (χ0v) is 18.1. The molecule has 0 aliphatic carbocycles. The van der Waals surface area contributed by atoms with Crippen molar-refractivity contribution in [3.05, 3.63) is 59.4 Å². The normalized spacial score (nSPS) is 11.9. The van der Waals surface area contributed by atoms with Gasteiger partial charge in [-0.05, 0) is 36.6 Å². The summed E-state index contributed by atoms with van der Waals surface area (Å²) >= 11 is 0. The molecule has 0 saturated carbocycles. The lowest BCUT2D eigenvalue weighted by Gasteiger charge is -2.20. The van der Waals surface area contributed by atoms with Crippen molar-refractivity contribution in [2.45, 2.75) is 33.2 Å². The molecule has 0 fully saturated rings. The van der Waals surface area contributed by atoms with Crippen molar-refractivity contribution in [1.29, 1.82) is 0 Å². The SMILES string of the molecule is CCCOc1c(/C=N/NC(=O)C(NC(=O)c2ccccc2F)C(C)C)cccc1OC. The number of rotatable bonds is 10. The van der Waals surface area contributed by atoms with Gasteiger partial charge in [-0.15, -0.1) is 0 Å². The molecule has 0 spiro atoms. The monoisotopic (exact) mass is 429 g/mol. The minimum atomic E-state index is -0.898. The van der Waals surface area contributed by atoms with E-state index in [0.717, 1.165) is 6.42 Å². The molecule has 2 amide bonds. The van der Waals surface area contributed by atoms with Gasteiger partial charge in [0.1, 0.15) is 11.9 Å². The number of benzene rings is 2. The van der Waals surface area contributed by atoms with Gasteiger partial charge in [0.2, 0.25) is 0 Å². The molecule has 7 nitrogen and oxygen atoms in total. The number of halogens is 1. The van der Waals surface area contributed by atoms with Crippen LogP contribution >= 0.6 is 0 Å². The molecule has 1 atom stereocenters. The zero-order chi connectivity index (χ0) is 22.8. The summed E-state index contributed by atoms with van der Waals surface area (Å²) in [6.45, 7) is 6.04. The average molecular weight is 429 g/mol. The Bertz CT molecular complexity index is 931. The Balaban J connectivity index is 2.11. The second-order valence-corrected chi connectivity index (χ2v) is 7.14. The predicted octanol–water partition coefficient (Wildman–Crippen LogP) is 3.53. The van der Waals surface area contributed by atoms with Crippen LogP contribution in [0.3, 0.4) is 0 Å². The average Bonchev–Trinajstić information content (AvgIpc) is 2.76. The van der Waals surface area contributed by atoms with Gasteiger partial charge in [0.25, 0.3) is 11.8 Å². The Morgan fingerprint density at radius 1 is 1.16 bits per heavy atom. The molecule has 2 N–H and O–H groups in total. The summed E-state index contributed by atoms with van der Waals surface area (Å²) in [5.74, 6) is -1.00. The van der Waals surface area contributed by atoms with Crippen LogP contribution in [0, 0.1) is 11.7 Å². The van der Waals surface area contributed by atoms with Crippen LogP contribution in [0.25, 0.3) is 0 Å². The highest BCUT2D eigenvalue weighted by Gasteiger charge is 2.25. The topological polar surface area (TPSA) is 89.0 Å². The number of nitrogens with zero attached hydrogens (tertiary/aromatic N) is 1. The zero-order valence-electron chi connectivity index (χ0n) is 18.1. The molecule has 1 unspecified atom stereocenters. The number of nitrogens with one attached hydrogen (secondary N) is 2. The highest BCUT2D eigenvalue weighted by atomic mass is 19.1. The molecule has 0 aliphatic rings. The molecule has 0 aliphatic heterocycles. The Kier molecular flexibility index (Phi) is 8.99. The van der Waals surface area contributed by atoms with E-state index in [-0.39, 0.29) is 11.5 Å². The minimum Gasteiger partial charge on any atom is -0.493 e. The Labute approximate surface area is 181 Å². The molecule has 0 heterocycles. The number of para-hydroxylation sites is 1. The largest absolute Gasteiger partial charge is 0.493 e. The number of ether oxygens (including phenoxy) is 2. The minimum absolute atomic E-state index is 0.126. The molecule has 0 saturated heterocycles.